The van der Waals surface area contributed by atoms with Gasteiger partial charge in [-0.05, 0) is 43.4 Å². The van der Waals surface area contributed by atoms with Crippen molar-refractivity contribution >= 4 is 64.5 Å². The van der Waals surface area contributed by atoms with Crippen molar-refractivity contribution in [3.8, 4) is 0 Å². The summed E-state index contributed by atoms with van der Waals surface area (Å²) in [5.74, 6) is -0.250. The topological polar surface area (TPSA) is 86.7 Å². The molecule has 182 valence electrons. The minimum Gasteiger partial charge on any atom is -0.477 e. The van der Waals surface area contributed by atoms with Gasteiger partial charge in [0.2, 0.25) is 5.91 Å². The van der Waals surface area contributed by atoms with Crippen molar-refractivity contribution in [1.82, 2.24) is 10.2 Å². The summed E-state index contributed by atoms with van der Waals surface area (Å²) in [4.78, 5) is 39.8. The van der Waals surface area contributed by atoms with Gasteiger partial charge in [-0.2, -0.15) is 0 Å². The highest BCUT2D eigenvalue weighted by atomic mass is 35.5. The van der Waals surface area contributed by atoms with Crippen LogP contribution in [0.25, 0.3) is 0 Å². The van der Waals surface area contributed by atoms with Crippen LogP contribution in [-0.4, -0.2) is 81.4 Å². The molecule has 2 N–H and O–H groups in total. The largest absolute Gasteiger partial charge is 0.477 e. The molecule has 1 aromatic rings. The fourth-order valence-electron chi connectivity index (χ4n) is 5.53. The number of benzene rings is 1. The number of carboxylic acid groups (broad SMARTS) is 1. The highest BCUT2D eigenvalue weighted by molar-refractivity contribution is 8.00. The van der Waals surface area contributed by atoms with E-state index in [-0.39, 0.29) is 23.3 Å². The van der Waals surface area contributed by atoms with E-state index < -0.39 is 17.4 Å². The maximum Gasteiger partial charge on any atom is 0.352 e. The number of fused-ring (bicyclic) bond motifs is 4. The molecule has 34 heavy (non-hydrogen) atoms. The number of hydrogen-bond acceptors (Lipinski definition) is 5. The molecular formula is C23H26Cl2N3O4S2+. The van der Waals surface area contributed by atoms with Gasteiger partial charge in [-0.3, -0.25) is 14.5 Å². The zero-order valence-electron chi connectivity index (χ0n) is 18.5. The van der Waals surface area contributed by atoms with Crippen molar-refractivity contribution in [2.45, 2.75) is 35.6 Å². The van der Waals surface area contributed by atoms with Gasteiger partial charge in [-0.1, -0.05) is 23.2 Å². The standard InChI is InChI=1S/C23H25Cl2N3O4S2/c24-15-1-2-16(25)17(9-15)33-12-18(29)26-19-21(30)27-20(23(31)32)14(11-34-22(19)27)10-28-6-3-13(4-7-28)5-8-28/h1-2,9,13,19,22H,3-8,10-12H2,(H-,26,29,31,32)/p+1/t13?,19-,22-,28?/m1/s1. The molecule has 0 saturated carbocycles. The number of carboxylic acids is 1. The molecule has 2 amide bonds. The Hall–Kier alpha value is -1.39. The second kappa shape index (κ2) is 9.58. The van der Waals surface area contributed by atoms with Gasteiger partial charge in [0.1, 0.15) is 23.7 Å². The van der Waals surface area contributed by atoms with Crippen LogP contribution in [0.1, 0.15) is 19.3 Å². The first-order chi connectivity index (χ1) is 16.3. The van der Waals surface area contributed by atoms with Crippen LogP contribution in [0.15, 0.2) is 34.4 Å². The lowest BCUT2D eigenvalue weighted by molar-refractivity contribution is -0.938. The van der Waals surface area contributed by atoms with E-state index in [9.17, 15) is 19.5 Å². The average Bonchev–Trinajstić information content (AvgIpc) is 2.83. The molecular weight excluding hydrogens is 517 g/mol. The summed E-state index contributed by atoms with van der Waals surface area (Å²) in [5, 5.41) is 13.4. The molecule has 1 aromatic carbocycles. The summed E-state index contributed by atoms with van der Waals surface area (Å²) in [5.41, 5.74) is 0.970. The fourth-order valence-corrected chi connectivity index (χ4v) is 8.17. The second-order valence-corrected chi connectivity index (χ2v) is 12.4. The number of carbonyl (C=O) groups is 3. The maximum absolute atomic E-state index is 13.0. The van der Waals surface area contributed by atoms with E-state index in [1.54, 1.807) is 18.2 Å². The van der Waals surface area contributed by atoms with Crippen molar-refractivity contribution in [3.05, 3.63) is 39.5 Å². The Morgan fingerprint density at radius 2 is 1.91 bits per heavy atom. The SMILES string of the molecule is O=C(CSc1cc(Cl)ccc1Cl)N[C@@H]1C(=O)N2C(C(=O)O)=C(C[N+]34CCC(CC3)CC4)CS[C@H]12. The Balaban J connectivity index is 1.24. The summed E-state index contributed by atoms with van der Waals surface area (Å²) in [7, 11) is 0. The second-order valence-electron chi connectivity index (χ2n) is 9.48. The smallest absolute Gasteiger partial charge is 0.352 e. The third kappa shape index (κ3) is 4.57. The van der Waals surface area contributed by atoms with Crippen LogP contribution in [0.2, 0.25) is 10.0 Å². The van der Waals surface area contributed by atoms with Crippen molar-refractivity contribution in [3.63, 3.8) is 0 Å². The van der Waals surface area contributed by atoms with E-state index in [0.29, 0.717) is 27.2 Å². The number of carbonyl (C=O) groups excluding carboxylic acids is 2. The molecule has 4 fully saturated rings. The number of piperidine rings is 3. The summed E-state index contributed by atoms with van der Waals surface area (Å²) in [6.07, 6.45) is 3.63. The summed E-state index contributed by atoms with van der Waals surface area (Å²) >= 11 is 14.9. The molecule has 5 aliphatic heterocycles. The van der Waals surface area contributed by atoms with Crippen LogP contribution in [-0.2, 0) is 14.4 Å². The quantitative estimate of drug-likeness (QED) is 0.311. The first-order valence-electron chi connectivity index (χ1n) is 11.4. The third-order valence-electron chi connectivity index (χ3n) is 7.38. The van der Waals surface area contributed by atoms with E-state index in [4.69, 9.17) is 23.2 Å². The highest BCUT2D eigenvalue weighted by Crippen LogP contribution is 2.42. The number of halogens is 2. The maximum atomic E-state index is 13.0. The van der Waals surface area contributed by atoms with Gasteiger partial charge in [0.05, 0.1) is 30.4 Å². The predicted octanol–water partition coefficient (Wildman–Crippen LogP) is 3.45. The number of amides is 2. The van der Waals surface area contributed by atoms with Crippen molar-refractivity contribution in [2.75, 3.05) is 37.7 Å². The van der Waals surface area contributed by atoms with Crippen LogP contribution in [0.5, 0.6) is 0 Å². The number of hydrogen-bond donors (Lipinski definition) is 2. The number of quaternary nitrogens is 1. The lowest BCUT2D eigenvalue weighted by atomic mass is 9.85. The molecule has 4 saturated heterocycles. The summed E-state index contributed by atoms with van der Waals surface area (Å²) in [6, 6.07) is 4.32. The third-order valence-corrected chi connectivity index (χ3v) is 10.5. The van der Waals surface area contributed by atoms with Gasteiger partial charge in [-0.15, -0.1) is 23.5 Å². The van der Waals surface area contributed by atoms with E-state index in [1.807, 2.05) is 0 Å². The molecule has 7 nitrogen and oxygen atoms in total. The van der Waals surface area contributed by atoms with E-state index >= 15 is 0 Å². The summed E-state index contributed by atoms with van der Waals surface area (Å²) in [6.45, 7) is 3.98. The Morgan fingerprint density at radius 1 is 1.21 bits per heavy atom. The molecule has 0 unspecified atom stereocenters. The lowest BCUT2D eigenvalue weighted by Crippen LogP contribution is -2.71. The van der Waals surface area contributed by atoms with Gasteiger partial charge in [0.25, 0.3) is 5.91 Å². The number of rotatable bonds is 7. The van der Waals surface area contributed by atoms with E-state index in [1.165, 1.54) is 47.7 Å². The minimum atomic E-state index is -1.06. The number of nitrogens with zero attached hydrogens (tertiary/aromatic N) is 2. The Morgan fingerprint density at radius 3 is 2.59 bits per heavy atom. The zero-order chi connectivity index (χ0) is 24.0. The van der Waals surface area contributed by atoms with Crippen LogP contribution in [0.4, 0.5) is 0 Å². The molecule has 0 aliphatic carbocycles. The Labute approximate surface area is 216 Å². The highest BCUT2D eigenvalue weighted by Gasteiger charge is 2.55. The van der Waals surface area contributed by atoms with Gasteiger partial charge in [0, 0.05) is 21.2 Å². The average molecular weight is 544 g/mol. The molecule has 2 bridgehead atoms. The Bertz CT molecular complexity index is 1060. The first-order valence-corrected chi connectivity index (χ1v) is 14.2. The van der Waals surface area contributed by atoms with Crippen LogP contribution in [0, 0.1) is 5.92 Å². The zero-order valence-corrected chi connectivity index (χ0v) is 21.6. The molecule has 0 radical (unpaired) electrons. The molecule has 0 aromatic heterocycles. The molecule has 5 aliphatic rings. The molecule has 11 heteroatoms. The van der Waals surface area contributed by atoms with Gasteiger partial charge in [0.15, 0.2) is 0 Å². The molecule has 6 rings (SSSR count). The van der Waals surface area contributed by atoms with Crippen molar-refractivity contribution in [1.29, 1.82) is 0 Å². The molecule has 0 spiro atoms. The molecule has 2 atom stereocenters. The van der Waals surface area contributed by atoms with Gasteiger partial charge < -0.3 is 14.9 Å². The summed E-state index contributed by atoms with van der Waals surface area (Å²) < 4.78 is 0.944. The monoisotopic (exact) mass is 542 g/mol. The van der Waals surface area contributed by atoms with Gasteiger partial charge in [-0.25, -0.2) is 4.79 Å². The van der Waals surface area contributed by atoms with Crippen molar-refractivity contribution in [2.24, 2.45) is 5.92 Å². The predicted molar refractivity (Wildman–Crippen MR) is 134 cm³/mol. The van der Waals surface area contributed by atoms with Crippen LogP contribution < -0.4 is 5.32 Å². The van der Waals surface area contributed by atoms with Crippen molar-refractivity contribution < 1.29 is 24.0 Å². The Kier molecular flexibility index (Phi) is 6.85. The number of thioether (sulfide) groups is 2. The molecule has 5 heterocycles. The normalized spacial score (nSPS) is 30.1. The number of nitrogens with one attached hydrogen (secondary N) is 1. The van der Waals surface area contributed by atoms with E-state index in [0.717, 1.165) is 35.6 Å². The number of aliphatic carboxylic acids is 1. The first kappa shape index (κ1) is 24.3. The fraction of sp³-hybridized carbons (Fsp3) is 0.522. The van der Waals surface area contributed by atoms with Crippen LogP contribution in [0.3, 0.4) is 0 Å². The minimum absolute atomic E-state index is 0.0785. The lowest BCUT2D eigenvalue weighted by Gasteiger charge is -2.52. The van der Waals surface area contributed by atoms with E-state index in [2.05, 4.69) is 5.32 Å². The van der Waals surface area contributed by atoms with Crippen LogP contribution >= 0.6 is 46.7 Å². The van der Waals surface area contributed by atoms with Gasteiger partial charge >= 0.3 is 5.97 Å². The number of β-lactam (4-membered cyclic amide) rings is 1.